The molecule has 0 aliphatic carbocycles. The summed E-state index contributed by atoms with van der Waals surface area (Å²) in [5, 5.41) is 5.74. The molecule has 1 aromatic heterocycles. The van der Waals surface area contributed by atoms with Crippen molar-refractivity contribution < 1.29 is 0 Å². The predicted molar refractivity (Wildman–Crippen MR) is 63.2 cm³/mol. The Bertz CT molecular complexity index is 481. The number of aromatic nitrogens is 2. The lowest BCUT2D eigenvalue weighted by Gasteiger charge is -2.00. The maximum Gasteiger partial charge on any atom is 0.146 e. The Hall–Kier alpha value is -1.13. The molecule has 1 aromatic carbocycles. The smallest absolute Gasteiger partial charge is 0.146 e. The van der Waals surface area contributed by atoms with Gasteiger partial charge in [0.15, 0.2) is 0 Å². The molecule has 0 amide bonds. The van der Waals surface area contributed by atoms with Crippen LogP contribution < -0.4 is 5.73 Å². The molecule has 0 saturated carbocycles. The molecule has 0 aliphatic rings. The summed E-state index contributed by atoms with van der Waals surface area (Å²) in [4.78, 5) is 0.963. The van der Waals surface area contributed by atoms with E-state index in [4.69, 9.17) is 17.3 Å². The van der Waals surface area contributed by atoms with Crippen LogP contribution in [0.15, 0.2) is 40.4 Å². The minimum Gasteiger partial charge on any atom is -0.395 e. The fourth-order valence-electron chi connectivity index (χ4n) is 1.20. The molecular weight excluding hydrogens is 230 g/mol. The second kappa shape index (κ2) is 4.16. The van der Waals surface area contributed by atoms with Crippen molar-refractivity contribution in [3.05, 3.63) is 35.5 Å². The van der Waals surface area contributed by atoms with E-state index in [2.05, 4.69) is 5.10 Å². The number of nitrogens with zero attached hydrogens (tertiary/aromatic N) is 2. The Balaban J connectivity index is 2.29. The van der Waals surface area contributed by atoms with Crippen molar-refractivity contribution >= 4 is 29.1 Å². The lowest BCUT2D eigenvalue weighted by atomic mass is 10.4. The van der Waals surface area contributed by atoms with Crippen molar-refractivity contribution in [3.8, 4) is 0 Å². The predicted octanol–water partition coefficient (Wildman–Crippen LogP) is 2.81. The highest BCUT2D eigenvalue weighted by molar-refractivity contribution is 7.99. The van der Waals surface area contributed by atoms with Crippen molar-refractivity contribution in [2.75, 3.05) is 5.73 Å². The number of hydrogen-bond acceptors (Lipinski definition) is 3. The van der Waals surface area contributed by atoms with E-state index in [-0.39, 0.29) is 0 Å². The van der Waals surface area contributed by atoms with E-state index in [0.717, 1.165) is 9.92 Å². The molecule has 1 heterocycles. The molecule has 5 heteroatoms. The van der Waals surface area contributed by atoms with Gasteiger partial charge < -0.3 is 5.73 Å². The van der Waals surface area contributed by atoms with E-state index in [1.807, 2.05) is 31.3 Å². The van der Waals surface area contributed by atoms with Gasteiger partial charge in [-0.15, -0.1) is 0 Å². The van der Waals surface area contributed by atoms with E-state index in [1.54, 1.807) is 10.9 Å². The lowest BCUT2D eigenvalue weighted by Crippen LogP contribution is -1.86. The maximum absolute atomic E-state index is 6.04. The molecule has 0 bridgehead atoms. The van der Waals surface area contributed by atoms with Crippen LogP contribution in [0, 0.1) is 0 Å². The molecule has 0 fully saturated rings. The zero-order valence-corrected chi connectivity index (χ0v) is 9.72. The highest BCUT2D eigenvalue weighted by atomic mass is 35.5. The van der Waals surface area contributed by atoms with E-state index in [0.29, 0.717) is 10.7 Å². The summed E-state index contributed by atoms with van der Waals surface area (Å²) < 4.78 is 1.69. The highest BCUT2D eigenvalue weighted by Crippen LogP contribution is 2.34. The first-order chi connectivity index (χ1) is 7.16. The normalized spacial score (nSPS) is 10.5. The molecule has 0 saturated heterocycles. The topological polar surface area (TPSA) is 43.8 Å². The molecule has 15 heavy (non-hydrogen) atoms. The molecule has 3 nitrogen and oxygen atoms in total. The summed E-state index contributed by atoms with van der Waals surface area (Å²) in [6, 6.07) is 7.63. The molecule has 0 aliphatic heterocycles. The van der Waals surface area contributed by atoms with Crippen molar-refractivity contribution in [2.24, 2.45) is 7.05 Å². The van der Waals surface area contributed by atoms with Gasteiger partial charge in [0.2, 0.25) is 0 Å². The Kier molecular flexibility index (Phi) is 2.88. The fourth-order valence-corrected chi connectivity index (χ4v) is 2.31. The van der Waals surface area contributed by atoms with Crippen molar-refractivity contribution in [1.82, 2.24) is 9.78 Å². The third-order valence-electron chi connectivity index (χ3n) is 1.86. The van der Waals surface area contributed by atoms with Crippen LogP contribution in [0.4, 0.5) is 5.69 Å². The Labute approximate surface area is 97.2 Å². The molecule has 2 rings (SSSR count). The van der Waals surface area contributed by atoms with Gasteiger partial charge in [-0.25, -0.2) is 0 Å². The van der Waals surface area contributed by atoms with Crippen molar-refractivity contribution in [1.29, 1.82) is 0 Å². The van der Waals surface area contributed by atoms with Crippen molar-refractivity contribution in [3.63, 3.8) is 0 Å². The molecular formula is C10H10ClN3S. The highest BCUT2D eigenvalue weighted by Gasteiger charge is 2.08. The summed E-state index contributed by atoms with van der Waals surface area (Å²) in [5.74, 6) is 0. The van der Waals surface area contributed by atoms with Gasteiger partial charge in [-0.2, -0.15) is 5.10 Å². The summed E-state index contributed by atoms with van der Waals surface area (Å²) in [6.45, 7) is 0. The van der Waals surface area contributed by atoms with Gasteiger partial charge in [0.05, 0.1) is 10.7 Å². The van der Waals surface area contributed by atoms with Gasteiger partial charge >= 0.3 is 0 Å². The van der Waals surface area contributed by atoms with E-state index in [9.17, 15) is 0 Å². The molecule has 0 atom stereocenters. The molecule has 78 valence electrons. The van der Waals surface area contributed by atoms with Crippen LogP contribution in [0.3, 0.4) is 0 Å². The Morgan fingerprint density at radius 3 is 2.73 bits per heavy atom. The second-order valence-electron chi connectivity index (χ2n) is 3.10. The van der Waals surface area contributed by atoms with Gasteiger partial charge in [-0.1, -0.05) is 35.5 Å². The van der Waals surface area contributed by atoms with Gasteiger partial charge in [-0.05, 0) is 12.1 Å². The lowest BCUT2D eigenvalue weighted by molar-refractivity contribution is 0.738. The number of rotatable bonds is 2. The van der Waals surface area contributed by atoms with E-state index < -0.39 is 0 Å². The molecule has 0 unspecified atom stereocenters. The number of benzene rings is 1. The SMILES string of the molecule is Cn1cc(N)c(Sc2ccccc2Cl)n1. The average molecular weight is 240 g/mol. The summed E-state index contributed by atoms with van der Waals surface area (Å²) >= 11 is 7.51. The summed E-state index contributed by atoms with van der Waals surface area (Å²) in [5.41, 5.74) is 6.46. The maximum atomic E-state index is 6.04. The third kappa shape index (κ3) is 2.27. The Morgan fingerprint density at radius 2 is 2.13 bits per heavy atom. The van der Waals surface area contributed by atoms with Crippen LogP contribution in [0.2, 0.25) is 5.02 Å². The summed E-state index contributed by atoms with van der Waals surface area (Å²) in [7, 11) is 1.84. The van der Waals surface area contributed by atoms with Gasteiger partial charge in [0, 0.05) is 18.1 Å². The largest absolute Gasteiger partial charge is 0.395 e. The third-order valence-corrected chi connectivity index (χ3v) is 3.39. The molecule has 2 aromatic rings. The van der Waals surface area contributed by atoms with Crippen LogP contribution in [0.5, 0.6) is 0 Å². The van der Waals surface area contributed by atoms with Gasteiger partial charge in [0.25, 0.3) is 0 Å². The summed E-state index contributed by atoms with van der Waals surface area (Å²) in [6.07, 6.45) is 1.78. The molecule has 0 radical (unpaired) electrons. The number of halogens is 1. The first-order valence-corrected chi connectivity index (χ1v) is 5.58. The fraction of sp³-hybridized carbons (Fsp3) is 0.100. The number of nitrogens with two attached hydrogens (primary N) is 1. The van der Waals surface area contributed by atoms with E-state index >= 15 is 0 Å². The standard InChI is InChI=1S/C10H10ClN3S/c1-14-6-8(12)10(13-14)15-9-5-3-2-4-7(9)11/h2-6H,12H2,1H3. The number of anilines is 1. The van der Waals surface area contributed by atoms with Gasteiger partial charge in [-0.3, -0.25) is 4.68 Å². The van der Waals surface area contributed by atoms with Crippen LogP contribution in [-0.2, 0) is 7.05 Å². The second-order valence-corrected chi connectivity index (χ2v) is 4.53. The number of nitrogen functional groups attached to an aromatic ring is 1. The monoisotopic (exact) mass is 239 g/mol. The minimum absolute atomic E-state index is 0.669. The number of hydrogen-bond donors (Lipinski definition) is 1. The van der Waals surface area contributed by atoms with Crippen LogP contribution >= 0.6 is 23.4 Å². The first kappa shape index (κ1) is 10.4. The number of aryl methyl sites for hydroxylation is 1. The quantitative estimate of drug-likeness (QED) is 0.877. The van der Waals surface area contributed by atoms with Crippen LogP contribution in [0.25, 0.3) is 0 Å². The van der Waals surface area contributed by atoms with Crippen molar-refractivity contribution in [2.45, 2.75) is 9.92 Å². The molecule has 2 N–H and O–H groups in total. The van der Waals surface area contributed by atoms with E-state index in [1.165, 1.54) is 11.8 Å². The zero-order valence-electron chi connectivity index (χ0n) is 8.14. The van der Waals surface area contributed by atoms with Crippen LogP contribution in [0.1, 0.15) is 0 Å². The Morgan fingerprint density at radius 1 is 1.40 bits per heavy atom. The zero-order chi connectivity index (χ0) is 10.8. The molecule has 0 spiro atoms. The minimum atomic E-state index is 0.669. The van der Waals surface area contributed by atoms with Crippen LogP contribution in [-0.4, -0.2) is 9.78 Å². The van der Waals surface area contributed by atoms with Gasteiger partial charge in [0.1, 0.15) is 5.03 Å². The first-order valence-electron chi connectivity index (χ1n) is 4.38. The average Bonchev–Trinajstić information content (AvgIpc) is 2.49.